The molecule has 1 N–H and O–H groups in total. The molecule has 1 aliphatic rings. The SMILES string of the molecule is O=S(=O)=C1CC=CC=C1O. The molecule has 0 atom stereocenters. The van der Waals surface area contributed by atoms with E-state index in [1.54, 1.807) is 12.2 Å². The van der Waals surface area contributed by atoms with Gasteiger partial charge in [-0.15, -0.1) is 0 Å². The van der Waals surface area contributed by atoms with Crippen LogP contribution in [0.2, 0.25) is 0 Å². The summed E-state index contributed by atoms with van der Waals surface area (Å²) in [5, 5.41) is 8.92. The number of aliphatic hydroxyl groups excluding tert-OH is 1. The average molecular weight is 158 g/mol. The molecule has 54 valence electrons. The van der Waals surface area contributed by atoms with Gasteiger partial charge in [0.05, 0.1) is 0 Å². The van der Waals surface area contributed by atoms with Crippen LogP contribution in [-0.4, -0.2) is 18.4 Å². The van der Waals surface area contributed by atoms with Gasteiger partial charge in [0.25, 0.3) is 0 Å². The summed E-state index contributed by atoms with van der Waals surface area (Å²) >= 11 is 0. The van der Waals surface area contributed by atoms with Crippen molar-refractivity contribution in [3.05, 3.63) is 24.0 Å². The van der Waals surface area contributed by atoms with E-state index in [2.05, 4.69) is 0 Å². The Kier molecular flexibility index (Phi) is 1.91. The van der Waals surface area contributed by atoms with Gasteiger partial charge in [0.15, 0.2) is 0 Å². The van der Waals surface area contributed by atoms with E-state index >= 15 is 0 Å². The van der Waals surface area contributed by atoms with Gasteiger partial charge in [-0.05, 0) is 6.08 Å². The minimum absolute atomic E-state index is 0.0579. The quantitative estimate of drug-likeness (QED) is 0.520. The summed E-state index contributed by atoms with van der Waals surface area (Å²) in [6, 6.07) is 0. The van der Waals surface area contributed by atoms with E-state index in [0.717, 1.165) is 0 Å². The molecular formula is C6H6O3S. The Morgan fingerprint density at radius 3 is 2.60 bits per heavy atom. The van der Waals surface area contributed by atoms with Crippen molar-refractivity contribution in [3.8, 4) is 0 Å². The monoisotopic (exact) mass is 158 g/mol. The van der Waals surface area contributed by atoms with Gasteiger partial charge in [-0.25, -0.2) is 0 Å². The molecule has 0 aromatic carbocycles. The fourth-order valence-corrected chi connectivity index (χ4v) is 1.16. The molecule has 0 radical (unpaired) electrons. The molecule has 0 aliphatic heterocycles. The Labute approximate surface area is 59.8 Å². The summed E-state index contributed by atoms with van der Waals surface area (Å²) in [6.45, 7) is 0. The molecule has 4 heteroatoms. The molecule has 0 bridgehead atoms. The second-order valence-electron chi connectivity index (χ2n) is 1.84. The van der Waals surface area contributed by atoms with Crippen molar-refractivity contribution < 1.29 is 13.5 Å². The van der Waals surface area contributed by atoms with Crippen LogP contribution >= 0.6 is 0 Å². The Hall–Kier alpha value is -1.03. The van der Waals surface area contributed by atoms with Gasteiger partial charge in [0.2, 0.25) is 10.3 Å². The van der Waals surface area contributed by atoms with Gasteiger partial charge < -0.3 is 5.11 Å². The number of hydrogen-bond donors (Lipinski definition) is 1. The second-order valence-corrected chi connectivity index (χ2v) is 2.80. The van der Waals surface area contributed by atoms with Crippen LogP contribution in [0.1, 0.15) is 6.42 Å². The fourth-order valence-electron chi connectivity index (χ4n) is 0.685. The predicted molar refractivity (Wildman–Crippen MR) is 38.4 cm³/mol. The summed E-state index contributed by atoms with van der Waals surface area (Å²) in [5.41, 5.74) is 0. The molecular weight excluding hydrogens is 152 g/mol. The molecule has 0 unspecified atom stereocenters. The van der Waals surface area contributed by atoms with E-state index in [-0.39, 0.29) is 10.6 Å². The Morgan fingerprint density at radius 2 is 2.20 bits per heavy atom. The van der Waals surface area contributed by atoms with Crippen molar-refractivity contribution in [2.75, 3.05) is 0 Å². The van der Waals surface area contributed by atoms with Crippen LogP contribution in [0.15, 0.2) is 24.0 Å². The number of rotatable bonds is 0. The molecule has 1 rings (SSSR count). The van der Waals surface area contributed by atoms with Crippen molar-refractivity contribution in [1.29, 1.82) is 0 Å². The van der Waals surface area contributed by atoms with Crippen molar-refractivity contribution in [3.63, 3.8) is 0 Å². The van der Waals surface area contributed by atoms with Crippen LogP contribution in [-0.2, 0) is 10.3 Å². The molecule has 0 amide bonds. The lowest BCUT2D eigenvalue weighted by Crippen LogP contribution is -2.04. The van der Waals surface area contributed by atoms with Gasteiger partial charge in [-0.1, -0.05) is 12.2 Å². The lowest BCUT2D eigenvalue weighted by molar-refractivity contribution is 0.443. The predicted octanol–water partition coefficient (Wildman–Crippen LogP) is 0.440. The van der Waals surface area contributed by atoms with E-state index in [9.17, 15) is 8.42 Å². The smallest absolute Gasteiger partial charge is 0.221 e. The highest BCUT2D eigenvalue weighted by molar-refractivity contribution is 7.73. The highest BCUT2D eigenvalue weighted by atomic mass is 32.2. The molecule has 0 aromatic rings. The van der Waals surface area contributed by atoms with Gasteiger partial charge in [-0.3, -0.25) is 0 Å². The second kappa shape index (κ2) is 2.70. The van der Waals surface area contributed by atoms with Gasteiger partial charge in [0.1, 0.15) is 10.6 Å². The fraction of sp³-hybridized carbons (Fsp3) is 0.167. The van der Waals surface area contributed by atoms with Crippen LogP contribution in [0.5, 0.6) is 0 Å². The topological polar surface area (TPSA) is 54.4 Å². The first-order valence-corrected chi connectivity index (χ1v) is 3.80. The van der Waals surface area contributed by atoms with Crippen LogP contribution in [0.25, 0.3) is 0 Å². The molecule has 0 saturated heterocycles. The lowest BCUT2D eigenvalue weighted by atomic mass is 10.2. The third-order valence-electron chi connectivity index (χ3n) is 1.18. The minimum Gasteiger partial charge on any atom is -0.507 e. The standard InChI is InChI=1S/C6H6O3S/c7-5-3-1-2-4-6(5)10(8)9/h1-3,7H,4H2. The Morgan fingerprint density at radius 1 is 1.50 bits per heavy atom. The third kappa shape index (κ3) is 1.27. The first kappa shape index (κ1) is 7.08. The van der Waals surface area contributed by atoms with Crippen molar-refractivity contribution in [1.82, 2.24) is 0 Å². The van der Waals surface area contributed by atoms with E-state index < -0.39 is 10.3 Å². The number of allylic oxidation sites excluding steroid dienone is 4. The van der Waals surface area contributed by atoms with Gasteiger partial charge >= 0.3 is 0 Å². The highest BCUT2D eigenvalue weighted by Crippen LogP contribution is 2.04. The Bertz CT molecular complexity index is 311. The normalized spacial score (nSPS) is 16.8. The highest BCUT2D eigenvalue weighted by Gasteiger charge is 2.06. The van der Waals surface area contributed by atoms with Crippen molar-refractivity contribution >= 4 is 15.2 Å². The van der Waals surface area contributed by atoms with Gasteiger partial charge in [-0.2, -0.15) is 8.42 Å². The number of hydrogen-bond acceptors (Lipinski definition) is 3. The van der Waals surface area contributed by atoms with E-state index in [1.807, 2.05) is 0 Å². The largest absolute Gasteiger partial charge is 0.507 e. The van der Waals surface area contributed by atoms with Crippen molar-refractivity contribution in [2.45, 2.75) is 6.42 Å². The molecule has 3 nitrogen and oxygen atoms in total. The molecule has 1 aliphatic carbocycles. The van der Waals surface area contributed by atoms with E-state index in [4.69, 9.17) is 5.11 Å². The maximum absolute atomic E-state index is 10.3. The molecule has 0 saturated carbocycles. The van der Waals surface area contributed by atoms with E-state index in [0.29, 0.717) is 6.42 Å². The Balaban J connectivity index is 3.19. The lowest BCUT2D eigenvalue weighted by Gasteiger charge is -1.99. The van der Waals surface area contributed by atoms with Gasteiger partial charge in [0, 0.05) is 6.42 Å². The molecule has 0 fully saturated rings. The zero-order valence-corrected chi connectivity index (χ0v) is 5.93. The zero-order chi connectivity index (χ0) is 7.56. The summed E-state index contributed by atoms with van der Waals surface area (Å²) in [7, 11) is -2.28. The summed E-state index contributed by atoms with van der Waals surface area (Å²) in [4.78, 5) is 0.0579. The van der Waals surface area contributed by atoms with Crippen LogP contribution in [0.4, 0.5) is 0 Å². The van der Waals surface area contributed by atoms with Crippen LogP contribution in [0, 0.1) is 0 Å². The first-order chi connectivity index (χ1) is 4.72. The van der Waals surface area contributed by atoms with Crippen LogP contribution in [0.3, 0.4) is 0 Å². The maximum atomic E-state index is 10.3. The number of aliphatic hydroxyl groups is 1. The van der Waals surface area contributed by atoms with Crippen molar-refractivity contribution in [2.24, 2.45) is 0 Å². The average Bonchev–Trinajstić information content (AvgIpc) is 1.88. The zero-order valence-electron chi connectivity index (χ0n) is 5.11. The first-order valence-electron chi connectivity index (χ1n) is 2.73. The summed E-state index contributed by atoms with van der Waals surface area (Å²) in [5.74, 6) is -0.157. The van der Waals surface area contributed by atoms with E-state index in [1.165, 1.54) is 6.08 Å². The van der Waals surface area contributed by atoms with Crippen LogP contribution < -0.4 is 0 Å². The minimum atomic E-state index is -2.28. The maximum Gasteiger partial charge on any atom is 0.221 e. The summed E-state index contributed by atoms with van der Waals surface area (Å²) in [6.07, 6.45) is 4.93. The molecule has 10 heavy (non-hydrogen) atoms. The molecule has 0 aromatic heterocycles. The molecule has 0 heterocycles. The summed E-state index contributed by atoms with van der Waals surface area (Å²) < 4.78 is 20.6. The third-order valence-corrected chi connectivity index (χ3v) is 1.96. The molecule has 0 spiro atoms.